The van der Waals surface area contributed by atoms with Gasteiger partial charge in [0.15, 0.2) is 5.60 Å². The van der Waals surface area contributed by atoms with Crippen LogP contribution in [0.5, 0.6) is 0 Å². The van der Waals surface area contributed by atoms with Crippen molar-refractivity contribution in [3.63, 3.8) is 0 Å². The van der Waals surface area contributed by atoms with Crippen LogP contribution in [0.15, 0.2) is 23.2 Å². The van der Waals surface area contributed by atoms with Crippen LogP contribution in [-0.2, 0) is 9.53 Å². The summed E-state index contributed by atoms with van der Waals surface area (Å²) in [6.45, 7) is 5.13. The first-order valence-corrected chi connectivity index (χ1v) is 5.09. The topological polar surface area (TPSA) is 26.3 Å². The van der Waals surface area contributed by atoms with Crippen molar-refractivity contribution in [1.29, 1.82) is 0 Å². The third-order valence-electron chi connectivity index (χ3n) is 2.14. The van der Waals surface area contributed by atoms with Crippen LogP contribution in [0.2, 0.25) is 0 Å². The fourth-order valence-electron chi connectivity index (χ4n) is 1.48. The van der Waals surface area contributed by atoms with E-state index in [4.69, 9.17) is 4.74 Å². The van der Waals surface area contributed by atoms with E-state index < -0.39 is 5.60 Å². The van der Waals surface area contributed by atoms with E-state index in [0.717, 1.165) is 23.7 Å². The largest absolute Gasteiger partial charge is 0.450 e. The SMILES string of the molecule is C=CC1(OC(C)=O)CCCC=C1Br. The van der Waals surface area contributed by atoms with Gasteiger partial charge in [0.1, 0.15) is 0 Å². The molecule has 0 heterocycles. The predicted octanol–water partition coefficient (Wildman–Crippen LogP) is 2.94. The van der Waals surface area contributed by atoms with Crippen LogP contribution < -0.4 is 0 Å². The number of carbonyl (C=O) groups is 1. The van der Waals surface area contributed by atoms with Crippen molar-refractivity contribution in [2.45, 2.75) is 31.8 Å². The first kappa shape index (κ1) is 10.5. The van der Waals surface area contributed by atoms with Gasteiger partial charge < -0.3 is 4.74 Å². The Labute approximate surface area is 86.8 Å². The van der Waals surface area contributed by atoms with Crippen LogP contribution in [0.4, 0.5) is 0 Å². The van der Waals surface area contributed by atoms with Gasteiger partial charge in [-0.2, -0.15) is 0 Å². The Morgan fingerprint density at radius 3 is 3.00 bits per heavy atom. The lowest BCUT2D eigenvalue weighted by Crippen LogP contribution is -2.34. The molecule has 2 nitrogen and oxygen atoms in total. The average molecular weight is 245 g/mol. The fraction of sp³-hybridized carbons (Fsp3) is 0.500. The molecule has 0 N–H and O–H groups in total. The van der Waals surface area contributed by atoms with Crippen molar-refractivity contribution >= 4 is 21.9 Å². The van der Waals surface area contributed by atoms with E-state index in [1.54, 1.807) is 6.08 Å². The van der Waals surface area contributed by atoms with Gasteiger partial charge in [-0.1, -0.05) is 28.6 Å². The molecule has 3 heteroatoms. The lowest BCUT2D eigenvalue weighted by molar-refractivity contribution is -0.149. The standard InChI is InChI=1S/C10H13BrO2/c1-3-10(13-8(2)12)7-5-4-6-9(10)11/h3,6H,1,4-5,7H2,2H3. The Morgan fingerprint density at radius 2 is 2.54 bits per heavy atom. The number of esters is 1. The molecule has 0 saturated heterocycles. The van der Waals surface area contributed by atoms with Crippen LogP contribution >= 0.6 is 15.9 Å². The van der Waals surface area contributed by atoms with Crippen LogP contribution in [0.3, 0.4) is 0 Å². The number of carbonyl (C=O) groups excluding carboxylic acids is 1. The van der Waals surface area contributed by atoms with Gasteiger partial charge in [0, 0.05) is 11.4 Å². The zero-order valence-corrected chi connectivity index (χ0v) is 9.26. The number of halogens is 1. The molecule has 0 spiro atoms. The summed E-state index contributed by atoms with van der Waals surface area (Å²) in [6, 6.07) is 0. The third-order valence-corrected chi connectivity index (χ3v) is 3.13. The summed E-state index contributed by atoms with van der Waals surface area (Å²) in [4.78, 5) is 10.9. The maximum atomic E-state index is 10.9. The van der Waals surface area contributed by atoms with E-state index in [2.05, 4.69) is 22.5 Å². The van der Waals surface area contributed by atoms with Crippen molar-refractivity contribution in [3.05, 3.63) is 23.2 Å². The van der Waals surface area contributed by atoms with E-state index >= 15 is 0 Å². The summed E-state index contributed by atoms with van der Waals surface area (Å²) >= 11 is 3.41. The first-order valence-electron chi connectivity index (χ1n) is 4.30. The lowest BCUT2D eigenvalue weighted by Gasteiger charge is -2.32. The second-order valence-corrected chi connectivity index (χ2v) is 3.99. The van der Waals surface area contributed by atoms with E-state index in [0.29, 0.717) is 0 Å². The Balaban J connectivity index is 2.90. The molecular formula is C10H13BrO2. The quantitative estimate of drug-likeness (QED) is 0.552. The van der Waals surface area contributed by atoms with E-state index in [9.17, 15) is 4.79 Å². The van der Waals surface area contributed by atoms with Gasteiger partial charge in [-0.05, 0) is 25.3 Å². The highest BCUT2D eigenvalue weighted by atomic mass is 79.9. The van der Waals surface area contributed by atoms with Crippen molar-refractivity contribution in [2.24, 2.45) is 0 Å². The maximum Gasteiger partial charge on any atom is 0.303 e. The highest BCUT2D eigenvalue weighted by Gasteiger charge is 2.34. The maximum absolute atomic E-state index is 10.9. The minimum atomic E-state index is -0.607. The monoisotopic (exact) mass is 244 g/mol. The molecule has 0 saturated carbocycles. The number of ether oxygens (including phenoxy) is 1. The zero-order chi connectivity index (χ0) is 9.90. The fourth-order valence-corrected chi connectivity index (χ4v) is 2.15. The van der Waals surface area contributed by atoms with Crippen LogP contribution in [0.25, 0.3) is 0 Å². The molecule has 1 aliphatic rings. The minimum absolute atomic E-state index is 0.271. The Morgan fingerprint density at radius 1 is 1.85 bits per heavy atom. The number of allylic oxidation sites excluding steroid dienone is 1. The van der Waals surface area contributed by atoms with Crippen LogP contribution in [-0.4, -0.2) is 11.6 Å². The zero-order valence-electron chi connectivity index (χ0n) is 7.68. The molecule has 13 heavy (non-hydrogen) atoms. The lowest BCUT2D eigenvalue weighted by atomic mass is 9.91. The number of rotatable bonds is 2. The van der Waals surface area contributed by atoms with Gasteiger partial charge in [0.25, 0.3) is 0 Å². The Kier molecular flexibility index (Phi) is 3.31. The summed E-state index contributed by atoms with van der Waals surface area (Å²) in [5.74, 6) is -0.271. The molecular weight excluding hydrogens is 232 g/mol. The molecule has 0 amide bonds. The van der Waals surface area contributed by atoms with Gasteiger partial charge in [0.2, 0.25) is 0 Å². The van der Waals surface area contributed by atoms with Gasteiger partial charge in [0.05, 0.1) is 0 Å². The van der Waals surface area contributed by atoms with Crippen molar-refractivity contribution in [2.75, 3.05) is 0 Å². The van der Waals surface area contributed by atoms with Crippen LogP contribution in [0.1, 0.15) is 26.2 Å². The van der Waals surface area contributed by atoms with E-state index in [1.165, 1.54) is 6.92 Å². The molecule has 0 aromatic carbocycles. The molecule has 1 unspecified atom stereocenters. The predicted molar refractivity (Wildman–Crippen MR) is 55.6 cm³/mol. The average Bonchev–Trinajstić information content (AvgIpc) is 2.08. The molecule has 0 bridgehead atoms. The van der Waals surface area contributed by atoms with Gasteiger partial charge in [-0.3, -0.25) is 4.79 Å². The highest BCUT2D eigenvalue weighted by Crippen LogP contribution is 2.37. The number of hydrogen-bond donors (Lipinski definition) is 0. The number of hydrogen-bond acceptors (Lipinski definition) is 2. The molecule has 0 fully saturated rings. The molecule has 0 aliphatic heterocycles. The molecule has 1 rings (SSSR count). The molecule has 72 valence electrons. The normalized spacial score (nSPS) is 27.7. The van der Waals surface area contributed by atoms with Crippen molar-refractivity contribution < 1.29 is 9.53 Å². The van der Waals surface area contributed by atoms with Gasteiger partial charge in [-0.25, -0.2) is 0 Å². The van der Waals surface area contributed by atoms with Gasteiger partial charge >= 0.3 is 5.97 Å². The summed E-state index contributed by atoms with van der Waals surface area (Å²) in [5, 5.41) is 0. The molecule has 0 aromatic rings. The summed E-state index contributed by atoms with van der Waals surface area (Å²) < 4.78 is 6.18. The molecule has 0 radical (unpaired) electrons. The second-order valence-electron chi connectivity index (χ2n) is 3.13. The molecule has 1 aliphatic carbocycles. The summed E-state index contributed by atoms with van der Waals surface area (Å²) in [5.41, 5.74) is -0.607. The van der Waals surface area contributed by atoms with Crippen molar-refractivity contribution in [3.8, 4) is 0 Å². The van der Waals surface area contributed by atoms with Crippen molar-refractivity contribution in [1.82, 2.24) is 0 Å². The minimum Gasteiger partial charge on any atom is -0.450 e. The smallest absolute Gasteiger partial charge is 0.303 e. The summed E-state index contributed by atoms with van der Waals surface area (Å²) in [6.07, 6.45) is 6.58. The Bertz CT molecular complexity index is 258. The highest BCUT2D eigenvalue weighted by molar-refractivity contribution is 9.11. The third kappa shape index (κ3) is 2.21. The summed E-state index contributed by atoms with van der Waals surface area (Å²) in [7, 11) is 0. The van der Waals surface area contributed by atoms with Gasteiger partial charge in [-0.15, -0.1) is 0 Å². The Hall–Kier alpha value is -0.570. The molecule has 1 atom stereocenters. The van der Waals surface area contributed by atoms with E-state index in [1.807, 2.05) is 6.08 Å². The molecule has 0 aromatic heterocycles. The second kappa shape index (κ2) is 4.09. The van der Waals surface area contributed by atoms with E-state index in [-0.39, 0.29) is 5.97 Å². The van der Waals surface area contributed by atoms with Crippen LogP contribution in [0, 0.1) is 0 Å². The first-order chi connectivity index (χ1) is 6.10.